The fraction of sp³-hybridized carbons (Fsp3) is 0.452. The molecule has 236 valence electrons. The van der Waals surface area contributed by atoms with E-state index in [1.54, 1.807) is 0 Å². The lowest BCUT2D eigenvalue weighted by Crippen LogP contribution is -2.47. The van der Waals surface area contributed by atoms with Crippen molar-refractivity contribution in [1.82, 2.24) is 5.32 Å². The monoisotopic (exact) mass is 622 g/mol. The summed E-state index contributed by atoms with van der Waals surface area (Å²) in [6.07, 6.45) is 0.877. The molecule has 2 aromatic carbocycles. The Kier molecular flexibility index (Phi) is 8.85. The molecule has 2 fully saturated rings. The molecule has 2 bridgehead atoms. The zero-order chi connectivity index (χ0) is 31.8. The molecule has 13 heteroatoms. The fourth-order valence-electron chi connectivity index (χ4n) is 6.39. The van der Waals surface area contributed by atoms with E-state index in [1.807, 2.05) is 12.2 Å². The second-order valence-electron chi connectivity index (χ2n) is 11.3. The van der Waals surface area contributed by atoms with E-state index in [1.165, 1.54) is 20.3 Å². The molecule has 2 amide bonds. The minimum Gasteiger partial charge on any atom is -0.496 e. The number of benzene rings is 2. The third-order valence-electron chi connectivity index (χ3n) is 8.60. The molecule has 44 heavy (non-hydrogen) atoms. The predicted octanol–water partition coefficient (Wildman–Crippen LogP) is 5.66. The van der Waals surface area contributed by atoms with E-state index in [9.17, 15) is 36.3 Å². The SMILES string of the molecule is COc1cc(F)c(O[C@H]2CC[C@@H](C(=O)OC)CC2)cc1C(=O)N[C@@H]1[C@H](C(=O)Nc2ccc(F)c(C(F)(F)F)c2)[C@H]2C=C[C@@H]1C2. The van der Waals surface area contributed by atoms with Gasteiger partial charge in [-0.25, -0.2) is 8.78 Å². The van der Waals surface area contributed by atoms with Crippen molar-refractivity contribution in [3.8, 4) is 11.5 Å². The van der Waals surface area contributed by atoms with Crippen LogP contribution in [-0.2, 0) is 20.5 Å². The summed E-state index contributed by atoms with van der Waals surface area (Å²) in [4.78, 5) is 38.7. The van der Waals surface area contributed by atoms with Gasteiger partial charge in [0.1, 0.15) is 11.6 Å². The smallest absolute Gasteiger partial charge is 0.419 e. The summed E-state index contributed by atoms with van der Waals surface area (Å²) in [6.45, 7) is 0. The second kappa shape index (κ2) is 12.4. The lowest BCUT2D eigenvalue weighted by molar-refractivity contribution is -0.147. The van der Waals surface area contributed by atoms with Crippen molar-refractivity contribution < 1.29 is 50.5 Å². The van der Waals surface area contributed by atoms with E-state index in [2.05, 4.69) is 10.6 Å². The van der Waals surface area contributed by atoms with Crippen molar-refractivity contribution >= 4 is 23.5 Å². The van der Waals surface area contributed by atoms with Gasteiger partial charge in [0.15, 0.2) is 11.6 Å². The van der Waals surface area contributed by atoms with E-state index in [0.29, 0.717) is 44.2 Å². The second-order valence-corrected chi connectivity index (χ2v) is 11.3. The molecule has 4 atom stereocenters. The molecule has 0 aromatic heterocycles. The molecule has 0 spiro atoms. The molecule has 0 saturated heterocycles. The van der Waals surface area contributed by atoms with Crippen molar-refractivity contribution in [3.63, 3.8) is 0 Å². The van der Waals surface area contributed by atoms with Gasteiger partial charge in [-0.15, -0.1) is 0 Å². The average Bonchev–Trinajstić information content (AvgIpc) is 3.60. The van der Waals surface area contributed by atoms with E-state index >= 15 is 0 Å². The lowest BCUT2D eigenvalue weighted by atomic mass is 9.87. The number of anilines is 1. The number of nitrogens with one attached hydrogen (secondary N) is 2. The number of amides is 2. The van der Waals surface area contributed by atoms with Crippen LogP contribution in [0, 0.1) is 35.3 Å². The van der Waals surface area contributed by atoms with Gasteiger partial charge in [0.25, 0.3) is 5.91 Å². The van der Waals surface area contributed by atoms with Crippen LogP contribution in [0.3, 0.4) is 0 Å². The summed E-state index contributed by atoms with van der Waals surface area (Å²) in [6, 6.07) is 3.71. The number of methoxy groups -OCH3 is 2. The van der Waals surface area contributed by atoms with Crippen LogP contribution in [0.2, 0.25) is 0 Å². The Labute approximate surface area is 249 Å². The highest BCUT2D eigenvalue weighted by Gasteiger charge is 2.49. The minimum absolute atomic E-state index is 0.0357. The molecule has 3 aliphatic carbocycles. The predicted molar refractivity (Wildman–Crippen MR) is 147 cm³/mol. The van der Waals surface area contributed by atoms with Crippen LogP contribution in [0.5, 0.6) is 11.5 Å². The van der Waals surface area contributed by atoms with Crippen molar-refractivity contribution in [3.05, 3.63) is 65.2 Å². The largest absolute Gasteiger partial charge is 0.496 e. The molecule has 0 radical (unpaired) electrons. The molecule has 2 aromatic rings. The Bertz CT molecular complexity index is 1470. The first-order valence-corrected chi connectivity index (χ1v) is 14.2. The molecular weight excluding hydrogens is 591 g/mol. The van der Waals surface area contributed by atoms with Crippen molar-refractivity contribution in [2.45, 2.75) is 50.4 Å². The van der Waals surface area contributed by atoms with Gasteiger partial charge in [-0.05, 0) is 68.2 Å². The Morgan fingerprint density at radius 1 is 0.886 bits per heavy atom. The molecule has 3 aliphatic rings. The molecule has 2 saturated carbocycles. The maximum absolute atomic E-state index is 15.0. The average molecular weight is 623 g/mol. The Morgan fingerprint density at radius 2 is 1.59 bits per heavy atom. The number of halogens is 5. The quantitative estimate of drug-likeness (QED) is 0.224. The van der Waals surface area contributed by atoms with Crippen LogP contribution >= 0.6 is 0 Å². The number of alkyl halides is 3. The first kappa shape index (κ1) is 31.3. The molecule has 2 N–H and O–H groups in total. The molecule has 0 aliphatic heterocycles. The van der Waals surface area contributed by atoms with Crippen molar-refractivity contribution in [2.24, 2.45) is 23.7 Å². The number of fused-ring (bicyclic) bond motifs is 2. The summed E-state index contributed by atoms with van der Waals surface area (Å²) in [7, 11) is 2.60. The number of hydrogen-bond donors (Lipinski definition) is 2. The van der Waals surface area contributed by atoms with Gasteiger partial charge < -0.3 is 24.8 Å². The number of allylic oxidation sites excluding steroid dienone is 1. The van der Waals surface area contributed by atoms with Gasteiger partial charge in [-0.3, -0.25) is 14.4 Å². The fourth-order valence-corrected chi connectivity index (χ4v) is 6.39. The topological polar surface area (TPSA) is 103 Å². The van der Waals surface area contributed by atoms with Crippen molar-refractivity contribution in [1.29, 1.82) is 0 Å². The zero-order valence-corrected chi connectivity index (χ0v) is 23.9. The maximum Gasteiger partial charge on any atom is 0.419 e. The summed E-state index contributed by atoms with van der Waals surface area (Å²) in [5.41, 5.74) is -1.78. The third kappa shape index (κ3) is 6.36. The van der Waals surface area contributed by atoms with Crippen LogP contribution < -0.4 is 20.1 Å². The highest BCUT2D eigenvalue weighted by molar-refractivity contribution is 5.99. The van der Waals surface area contributed by atoms with Gasteiger partial charge in [-0.1, -0.05) is 12.2 Å². The number of esters is 1. The van der Waals surface area contributed by atoms with Crippen LogP contribution in [-0.4, -0.2) is 44.1 Å². The summed E-state index contributed by atoms with van der Waals surface area (Å²) in [5.74, 6) is -5.64. The van der Waals surface area contributed by atoms with Gasteiger partial charge in [-0.2, -0.15) is 13.2 Å². The van der Waals surface area contributed by atoms with Crippen LogP contribution in [0.15, 0.2) is 42.5 Å². The van der Waals surface area contributed by atoms with Gasteiger partial charge in [0.05, 0.1) is 43.3 Å². The summed E-state index contributed by atoms with van der Waals surface area (Å²) >= 11 is 0. The Morgan fingerprint density at radius 3 is 2.25 bits per heavy atom. The van der Waals surface area contributed by atoms with E-state index in [4.69, 9.17) is 14.2 Å². The highest BCUT2D eigenvalue weighted by atomic mass is 19.4. The lowest BCUT2D eigenvalue weighted by Gasteiger charge is -2.29. The van der Waals surface area contributed by atoms with E-state index < -0.39 is 47.1 Å². The number of carbonyl (C=O) groups excluding carboxylic acids is 3. The number of rotatable bonds is 8. The molecule has 0 heterocycles. The Balaban J connectivity index is 1.31. The van der Waals surface area contributed by atoms with Crippen LogP contribution in [0.1, 0.15) is 48.0 Å². The standard InChI is InChI=1S/C31H31F5N2O6/c1-42-24-14-23(33)25(44-19-8-5-15(6-9-19)30(41)43-2)13-20(24)28(39)38-27-17-4-3-16(11-17)26(27)29(40)37-18-7-10-22(32)21(12-18)31(34,35)36/h3-4,7,10,12-17,19,26-27H,5-6,8-9,11H2,1-2H3,(H,37,40)(H,38,39)/t15-,16-,17+,19+,26+,27-/m0/s1. The molecular formula is C31H31F5N2O6. The van der Waals surface area contributed by atoms with Gasteiger partial charge in [0.2, 0.25) is 5.91 Å². The van der Waals surface area contributed by atoms with Crippen LogP contribution in [0.25, 0.3) is 0 Å². The number of hydrogen-bond acceptors (Lipinski definition) is 6. The van der Waals surface area contributed by atoms with Crippen molar-refractivity contribution in [2.75, 3.05) is 19.5 Å². The van der Waals surface area contributed by atoms with Crippen LogP contribution in [0.4, 0.5) is 27.6 Å². The summed E-state index contributed by atoms with van der Waals surface area (Å²) in [5, 5.41) is 5.27. The zero-order valence-electron chi connectivity index (χ0n) is 23.9. The first-order chi connectivity index (χ1) is 20.9. The molecule has 8 nitrogen and oxygen atoms in total. The minimum atomic E-state index is -4.95. The highest BCUT2D eigenvalue weighted by Crippen LogP contribution is 2.45. The maximum atomic E-state index is 15.0. The van der Waals surface area contributed by atoms with Gasteiger partial charge >= 0.3 is 12.1 Å². The number of ether oxygens (including phenoxy) is 3. The third-order valence-corrected chi connectivity index (χ3v) is 8.60. The van der Waals surface area contributed by atoms with E-state index in [0.717, 1.165) is 12.1 Å². The normalized spacial score (nSPS) is 25.8. The molecule has 0 unspecified atom stereocenters. The molecule has 5 rings (SSSR count). The Hall–Kier alpha value is -4.16. The van der Waals surface area contributed by atoms with Gasteiger partial charge in [0, 0.05) is 17.8 Å². The number of carbonyl (C=O) groups is 3. The first-order valence-electron chi connectivity index (χ1n) is 14.2. The summed E-state index contributed by atoms with van der Waals surface area (Å²) < 4.78 is 84.2. The van der Waals surface area contributed by atoms with E-state index in [-0.39, 0.29) is 52.6 Å².